The molecule has 1 heterocycles. The molecule has 0 bridgehead atoms. The number of nitrogens with one attached hydrogen (secondary N) is 2. The summed E-state index contributed by atoms with van der Waals surface area (Å²) in [5.74, 6) is -0.404. The molecule has 4 heteroatoms. The monoisotopic (exact) mass is 324 g/mol. The van der Waals surface area contributed by atoms with Crippen molar-refractivity contribution in [2.45, 2.75) is 39.2 Å². The minimum Gasteiger partial charge on any atom is -0.346 e. The van der Waals surface area contributed by atoms with E-state index in [2.05, 4.69) is 49.8 Å². The van der Waals surface area contributed by atoms with Gasteiger partial charge in [0.2, 0.25) is 0 Å². The highest BCUT2D eigenvalue weighted by Crippen LogP contribution is 2.25. The van der Waals surface area contributed by atoms with Crippen LogP contribution in [0.3, 0.4) is 0 Å². The molecule has 0 saturated heterocycles. The summed E-state index contributed by atoms with van der Waals surface area (Å²) in [5.41, 5.74) is 2.60. The normalized spacial score (nSPS) is 12.5. The second-order valence-electron chi connectivity index (χ2n) is 6.94. The molecule has 0 radical (unpaired) electrons. The van der Waals surface area contributed by atoms with Gasteiger partial charge in [-0.1, -0.05) is 51.1 Å². The van der Waals surface area contributed by atoms with Crippen molar-refractivity contribution in [3.63, 3.8) is 0 Å². The van der Waals surface area contributed by atoms with Gasteiger partial charge in [-0.2, -0.15) is 0 Å². The van der Waals surface area contributed by atoms with Crippen molar-refractivity contribution in [2.24, 2.45) is 0 Å². The summed E-state index contributed by atoms with van der Waals surface area (Å²) < 4.78 is 0. The number of amides is 1. The largest absolute Gasteiger partial charge is 0.346 e. The Balaban J connectivity index is 2.28. The van der Waals surface area contributed by atoms with E-state index in [0.717, 1.165) is 5.56 Å². The average Bonchev–Trinajstić information content (AvgIpc) is 2.53. The van der Waals surface area contributed by atoms with Gasteiger partial charge in [-0.25, -0.2) is 0 Å². The molecule has 0 aliphatic heterocycles. The molecule has 1 aromatic heterocycles. The smallest absolute Gasteiger partial charge is 0.261 e. The number of carbonyl (C=O) groups is 1. The van der Waals surface area contributed by atoms with Gasteiger partial charge in [0.25, 0.3) is 11.5 Å². The highest BCUT2D eigenvalue weighted by Gasteiger charge is 2.15. The summed E-state index contributed by atoms with van der Waals surface area (Å²) >= 11 is 0. The zero-order chi connectivity index (χ0) is 17.9. The van der Waals surface area contributed by atoms with Crippen LogP contribution in [-0.4, -0.2) is 16.9 Å². The second kappa shape index (κ2) is 6.87. The van der Waals surface area contributed by atoms with Crippen LogP contribution in [0.15, 0.2) is 53.8 Å². The van der Waals surface area contributed by atoms with Crippen LogP contribution in [-0.2, 0) is 5.41 Å². The molecule has 126 valence electrons. The Hall–Kier alpha value is -2.62. The molecule has 0 fully saturated rings. The molecule has 1 atom stereocenters. The molecule has 0 aliphatic rings. The van der Waals surface area contributed by atoms with E-state index >= 15 is 0 Å². The van der Waals surface area contributed by atoms with Crippen molar-refractivity contribution >= 4 is 5.91 Å². The van der Waals surface area contributed by atoms with E-state index in [4.69, 9.17) is 0 Å². The van der Waals surface area contributed by atoms with E-state index < -0.39 is 11.5 Å². The Kier molecular flexibility index (Phi) is 5.07. The lowest BCUT2D eigenvalue weighted by Crippen LogP contribution is -2.34. The third kappa shape index (κ3) is 4.02. The summed E-state index contributed by atoms with van der Waals surface area (Å²) in [6.45, 7) is 11.9. The van der Waals surface area contributed by atoms with Crippen LogP contribution in [0.2, 0.25) is 0 Å². The molecular formula is C20H24N2O2. The summed E-state index contributed by atoms with van der Waals surface area (Å²) in [4.78, 5) is 27.0. The molecule has 24 heavy (non-hydrogen) atoms. The lowest BCUT2D eigenvalue weighted by atomic mass is 9.86. The van der Waals surface area contributed by atoms with E-state index in [1.54, 1.807) is 25.1 Å². The first-order chi connectivity index (χ1) is 11.2. The Morgan fingerprint density at radius 1 is 1.17 bits per heavy atom. The van der Waals surface area contributed by atoms with E-state index in [9.17, 15) is 9.59 Å². The maximum Gasteiger partial charge on any atom is 0.261 e. The van der Waals surface area contributed by atoms with Crippen molar-refractivity contribution in [1.29, 1.82) is 0 Å². The molecule has 1 aromatic carbocycles. The highest BCUT2D eigenvalue weighted by molar-refractivity contribution is 5.94. The van der Waals surface area contributed by atoms with Crippen LogP contribution in [0.25, 0.3) is 11.3 Å². The second-order valence-corrected chi connectivity index (χ2v) is 6.94. The molecule has 2 rings (SSSR count). The standard InChI is InChI=1S/C20H24N2O2/c1-6-13(2)21-18(23)16-11-12-17(22-19(16)24)14-7-9-15(10-8-14)20(3,4)5/h6-13H,1H2,2-5H3,(H,21,23)(H,22,24)/t13-/m0/s1. The van der Waals surface area contributed by atoms with E-state index in [-0.39, 0.29) is 17.0 Å². The minimum absolute atomic E-state index is 0.0791. The summed E-state index contributed by atoms with van der Waals surface area (Å²) in [6, 6.07) is 11.2. The van der Waals surface area contributed by atoms with Crippen LogP contribution in [0.5, 0.6) is 0 Å². The van der Waals surface area contributed by atoms with Crippen molar-refractivity contribution < 1.29 is 4.79 Å². The van der Waals surface area contributed by atoms with Crippen molar-refractivity contribution in [2.75, 3.05) is 0 Å². The predicted octanol–water partition coefficient (Wildman–Crippen LogP) is 3.64. The van der Waals surface area contributed by atoms with Gasteiger partial charge in [0, 0.05) is 11.7 Å². The summed E-state index contributed by atoms with van der Waals surface area (Å²) in [6.07, 6.45) is 1.61. The lowest BCUT2D eigenvalue weighted by Gasteiger charge is -2.19. The maximum atomic E-state index is 12.2. The number of H-pyrrole nitrogens is 1. The Labute approximate surface area is 142 Å². The van der Waals surface area contributed by atoms with E-state index in [1.807, 2.05) is 12.1 Å². The summed E-state index contributed by atoms with van der Waals surface area (Å²) in [7, 11) is 0. The SMILES string of the molecule is C=C[C@H](C)NC(=O)c1ccc(-c2ccc(C(C)(C)C)cc2)[nH]c1=O. The number of carbonyl (C=O) groups excluding carboxylic acids is 1. The van der Waals surface area contributed by atoms with Gasteiger partial charge < -0.3 is 10.3 Å². The van der Waals surface area contributed by atoms with Gasteiger partial charge >= 0.3 is 0 Å². The first-order valence-corrected chi connectivity index (χ1v) is 8.00. The number of hydrogen-bond donors (Lipinski definition) is 2. The van der Waals surface area contributed by atoms with E-state index in [0.29, 0.717) is 5.69 Å². The van der Waals surface area contributed by atoms with Crippen molar-refractivity contribution in [3.05, 3.63) is 70.5 Å². The number of hydrogen-bond acceptors (Lipinski definition) is 2. The van der Waals surface area contributed by atoms with Crippen LogP contribution in [0.4, 0.5) is 0 Å². The highest BCUT2D eigenvalue weighted by atomic mass is 16.2. The van der Waals surface area contributed by atoms with Gasteiger partial charge in [-0.3, -0.25) is 9.59 Å². The predicted molar refractivity (Wildman–Crippen MR) is 98.3 cm³/mol. The minimum atomic E-state index is -0.404. The third-order valence-corrected chi connectivity index (χ3v) is 3.93. The van der Waals surface area contributed by atoms with Gasteiger partial charge in [0.15, 0.2) is 0 Å². The fourth-order valence-corrected chi connectivity index (χ4v) is 2.31. The van der Waals surface area contributed by atoms with Crippen LogP contribution < -0.4 is 10.9 Å². The fourth-order valence-electron chi connectivity index (χ4n) is 2.31. The molecule has 0 spiro atoms. The Bertz CT molecular complexity index is 796. The molecular weight excluding hydrogens is 300 g/mol. The molecule has 2 N–H and O–H groups in total. The van der Waals surface area contributed by atoms with Crippen molar-refractivity contribution in [1.82, 2.24) is 10.3 Å². The molecule has 0 aliphatic carbocycles. The van der Waals surface area contributed by atoms with Gasteiger partial charge in [-0.15, -0.1) is 6.58 Å². The molecule has 1 amide bonds. The third-order valence-electron chi connectivity index (χ3n) is 3.93. The number of rotatable bonds is 4. The van der Waals surface area contributed by atoms with Gasteiger partial charge in [0.05, 0.1) is 0 Å². The van der Waals surface area contributed by atoms with Crippen molar-refractivity contribution in [3.8, 4) is 11.3 Å². The van der Waals surface area contributed by atoms with E-state index in [1.165, 1.54) is 5.56 Å². The summed E-state index contributed by atoms with van der Waals surface area (Å²) in [5, 5.41) is 2.69. The van der Waals surface area contributed by atoms with Crippen LogP contribution >= 0.6 is 0 Å². The van der Waals surface area contributed by atoms with Crippen LogP contribution in [0.1, 0.15) is 43.6 Å². The zero-order valence-electron chi connectivity index (χ0n) is 14.6. The molecule has 0 unspecified atom stereocenters. The Morgan fingerprint density at radius 3 is 2.29 bits per heavy atom. The fraction of sp³-hybridized carbons (Fsp3) is 0.300. The van der Waals surface area contributed by atoms with Gasteiger partial charge in [0.1, 0.15) is 5.56 Å². The number of aromatic amines is 1. The topological polar surface area (TPSA) is 62.0 Å². The quantitative estimate of drug-likeness (QED) is 0.843. The first-order valence-electron chi connectivity index (χ1n) is 8.00. The Morgan fingerprint density at radius 2 is 1.79 bits per heavy atom. The maximum absolute atomic E-state index is 12.2. The number of aromatic nitrogens is 1. The van der Waals surface area contributed by atoms with Crippen LogP contribution in [0, 0.1) is 0 Å². The molecule has 2 aromatic rings. The van der Waals surface area contributed by atoms with Gasteiger partial charge in [-0.05, 0) is 35.6 Å². The number of pyridine rings is 1. The molecule has 4 nitrogen and oxygen atoms in total. The molecule has 0 saturated carbocycles. The zero-order valence-corrected chi connectivity index (χ0v) is 14.6. The first kappa shape index (κ1) is 17.7. The lowest BCUT2D eigenvalue weighted by molar-refractivity contribution is 0.0945. The average molecular weight is 324 g/mol. The number of benzene rings is 1.